The van der Waals surface area contributed by atoms with Gasteiger partial charge in [0.05, 0.1) is 6.10 Å². The molecule has 0 aromatic carbocycles. The molecule has 1 aromatic heterocycles. The van der Waals surface area contributed by atoms with Gasteiger partial charge in [-0.1, -0.05) is 20.8 Å². The first kappa shape index (κ1) is 13.2. The Labute approximate surface area is 116 Å². The second-order valence-corrected chi connectivity index (χ2v) is 7.69. The highest BCUT2D eigenvalue weighted by Crippen LogP contribution is 2.45. The van der Waals surface area contributed by atoms with Crippen molar-refractivity contribution in [3.63, 3.8) is 0 Å². The molecular weight excluding hydrogens is 234 g/mol. The van der Waals surface area contributed by atoms with Crippen LogP contribution in [0.3, 0.4) is 0 Å². The summed E-state index contributed by atoms with van der Waals surface area (Å²) < 4.78 is 2.56. The van der Waals surface area contributed by atoms with Gasteiger partial charge < -0.3 is 9.67 Å². The first-order chi connectivity index (χ1) is 8.87. The molecule has 1 fully saturated rings. The van der Waals surface area contributed by atoms with Gasteiger partial charge in [0.15, 0.2) is 0 Å². The Balaban J connectivity index is 2.02. The normalized spacial score (nSPS) is 33.4. The highest BCUT2D eigenvalue weighted by Gasteiger charge is 2.36. The molecule has 1 saturated carbocycles. The maximum Gasteiger partial charge on any atom is 0.0812 e. The molecule has 1 heterocycles. The molecule has 2 aliphatic rings. The third-order valence-corrected chi connectivity index (χ3v) is 5.15. The van der Waals surface area contributed by atoms with E-state index in [-0.39, 0.29) is 11.5 Å². The van der Waals surface area contributed by atoms with E-state index < -0.39 is 0 Å². The number of aromatic nitrogens is 1. The summed E-state index contributed by atoms with van der Waals surface area (Å²) in [5, 5.41) is 10.4. The van der Waals surface area contributed by atoms with E-state index in [1.807, 2.05) is 0 Å². The molecule has 0 bridgehead atoms. The van der Waals surface area contributed by atoms with Crippen molar-refractivity contribution < 1.29 is 5.11 Å². The standard InChI is InChI=1S/C17H27NO/c1-11-5-6-13(7-11)18-12(2)8-14-15(18)9-17(3,4)10-16(14)19/h8,11,13,16,19H,5-7,9-10H2,1-4H3. The number of fused-ring (bicyclic) bond motifs is 1. The van der Waals surface area contributed by atoms with Gasteiger partial charge in [-0.05, 0) is 56.4 Å². The molecule has 0 aliphatic heterocycles. The zero-order chi connectivity index (χ0) is 13.8. The minimum absolute atomic E-state index is 0.221. The van der Waals surface area contributed by atoms with Crippen LogP contribution in [0.5, 0.6) is 0 Å². The largest absolute Gasteiger partial charge is 0.388 e. The predicted octanol–water partition coefficient (Wildman–Crippen LogP) is 4.16. The zero-order valence-corrected chi connectivity index (χ0v) is 12.7. The minimum Gasteiger partial charge on any atom is -0.388 e. The number of hydrogen-bond acceptors (Lipinski definition) is 1. The van der Waals surface area contributed by atoms with E-state index in [1.165, 1.54) is 36.2 Å². The molecule has 0 radical (unpaired) electrons. The number of hydrogen-bond donors (Lipinski definition) is 1. The SMILES string of the molecule is Cc1cc2c(n1C1CCC(C)C1)CC(C)(C)CC2O. The maximum atomic E-state index is 10.4. The number of nitrogens with zero attached hydrogens (tertiary/aromatic N) is 1. The van der Waals surface area contributed by atoms with E-state index in [9.17, 15) is 5.11 Å². The van der Waals surface area contributed by atoms with E-state index in [1.54, 1.807) is 0 Å². The number of rotatable bonds is 1. The molecule has 3 unspecified atom stereocenters. The van der Waals surface area contributed by atoms with Crippen LogP contribution in [0.1, 0.15) is 75.6 Å². The Hall–Kier alpha value is -0.760. The van der Waals surface area contributed by atoms with Crippen LogP contribution in [0.4, 0.5) is 0 Å². The molecule has 0 saturated heterocycles. The van der Waals surface area contributed by atoms with Gasteiger partial charge in [0.2, 0.25) is 0 Å². The van der Waals surface area contributed by atoms with E-state index in [0.717, 1.165) is 18.8 Å². The lowest BCUT2D eigenvalue weighted by molar-refractivity contribution is 0.0974. The number of aliphatic hydroxyl groups is 1. The molecule has 0 amide bonds. The molecule has 3 atom stereocenters. The fourth-order valence-electron chi connectivity index (χ4n) is 4.28. The second kappa shape index (κ2) is 4.37. The average molecular weight is 261 g/mol. The van der Waals surface area contributed by atoms with Crippen molar-refractivity contribution in [2.24, 2.45) is 11.3 Å². The molecule has 0 spiro atoms. The number of aryl methyl sites for hydroxylation is 1. The van der Waals surface area contributed by atoms with Crippen LogP contribution < -0.4 is 0 Å². The topological polar surface area (TPSA) is 25.2 Å². The van der Waals surface area contributed by atoms with E-state index in [4.69, 9.17) is 0 Å². The van der Waals surface area contributed by atoms with Gasteiger partial charge in [-0.25, -0.2) is 0 Å². The van der Waals surface area contributed by atoms with Gasteiger partial charge in [0, 0.05) is 23.0 Å². The summed E-state index contributed by atoms with van der Waals surface area (Å²) in [6, 6.07) is 2.90. The Kier molecular flexibility index (Phi) is 3.05. The summed E-state index contributed by atoms with van der Waals surface area (Å²) in [5.74, 6) is 0.851. The monoisotopic (exact) mass is 261 g/mol. The predicted molar refractivity (Wildman–Crippen MR) is 78.3 cm³/mol. The Morgan fingerprint density at radius 2 is 2.05 bits per heavy atom. The van der Waals surface area contributed by atoms with Crippen LogP contribution in [-0.2, 0) is 6.42 Å². The molecule has 3 rings (SSSR count). The first-order valence-electron chi connectivity index (χ1n) is 7.76. The highest BCUT2D eigenvalue weighted by atomic mass is 16.3. The summed E-state index contributed by atoms with van der Waals surface area (Å²) in [4.78, 5) is 0. The molecule has 106 valence electrons. The first-order valence-corrected chi connectivity index (χ1v) is 7.76. The highest BCUT2D eigenvalue weighted by molar-refractivity contribution is 5.34. The third kappa shape index (κ3) is 2.24. The van der Waals surface area contributed by atoms with Crippen molar-refractivity contribution in [1.82, 2.24) is 4.57 Å². The van der Waals surface area contributed by atoms with Gasteiger partial charge in [0.1, 0.15) is 0 Å². The molecule has 2 aliphatic carbocycles. The Morgan fingerprint density at radius 1 is 1.32 bits per heavy atom. The molecule has 19 heavy (non-hydrogen) atoms. The fourth-order valence-corrected chi connectivity index (χ4v) is 4.28. The lowest BCUT2D eigenvalue weighted by atomic mass is 9.75. The van der Waals surface area contributed by atoms with Gasteiger partial charge in [-0.15, -0.1) is 0 Å². The summed E-state index contributed by atoms with van der Waals surface area (Å²) in [6.45, 7) is 9.14. The van der Waals surface area contributed by atoms with Crippen LogP contribution in [0, 0.1) is 18.3 Å². The van der Waals surface area contributed by atoms with Crippen molar-refractivity contribution in [1.29, 1.82) is 0 Å². The van der Waals surface area contributed by atoms with Crippen LogP contribution in [0.2, 0.25) is 0 Å². The van der Waals surface area contributed by atoms with E-state index >= 15 is 0 Å². The molecular formula is C17H27NO. The summed E-state index contributed by atoms with van der Waals surface area (Å²) in [6.07, 6.45) is 5.70. The fraction of sp³-hybridized carbons (Fsp3) is 0.765. The second-order valence-electron chi connectivity index (χ2n) is 7.69. The minimum atomic E-state index is -0.266. The molecule has 1 N–H and O–H groups in total. The van der Waals surface area contributed by atoms with Crippen LogP contribution in [0.25, 0.3) is 0 Å². The molecule has 2 nitrogen and oxygen atoms in total. The third-order valence-electron chi connectivity index (χ3n) is 5.15. The van der Waals surface area contributed by atoms with Crippen molar-refractivity contribution >= 4 is 0 Å². The van der Waals surface area contributed by atoms with Crippen LogP contribution in [0.15, 0.2) is 6.07 Å². The average Bonchev–Trinajstić information content (AvgIpc) is 2.81. The van der Waals surface area contributed by atoms with Crippen molar-refractivity contribution in [3.8, 4) is 0 Å². The van der Waals surface area contributed by atoms with Crippen molar-refractivity contribution in [3.05, 3.63) is 23.0 Å². The Bertz CT molecular complexity index is 486. The maximum absolute atomic E-state index is 10.4. The smallest absolute Gasteiger partial charge is 0.0812 e. The summed E-state index contributed by atoms with van der Waals surface area (Å²) in [7, 11) is 0. The van der Waals surface area contributed by atoms with E-state index in [0.29, 0.717) is 6.04 Å². The van der Waals surface area contributed by atoms with Crippen molar-refractivity contribution in [2.75, 3.05) is 0 Å². The van der Waals surface area contributed by atoms with E-state index in [2.05, 4.69) is 38.3 Å². The molecule has 2 heteroatoms. The van der Waals surface area contributed by atoms with Gasteiger partial charge in [-0.3, -0.25) is 0 Å². The Morgan fingerprint density at radius 3 is 2.68 bits per heavy atom. The summed E-state index contributed by atoms with van der Waals surface area (Å²) in [5.41, 5.74) is 4.19. The van der Waals surface area contributed by atoms with Crippen LogP contribution in [-0.4, -0.2) is 9.67 Å². The van der Waals surface area contributed by atoms with Gasteiger partial charge >= 0.3 is 0 Å². The van der Waals surface area contributed by atoms with Crippen molar-refractivity contribution in [2.45, 2.75) is 71.9 Å². The number of aliphatic hydroxyl groups excluding tert-OH is 1. The quantitative estimate of drug-likeness (QED) is 0.806. The van der Waals surface area contributed by atoms with Gasteiger partial charge in [0.25, 0.3) is 0 Å². The molecule has 1 aromatic rings. The lowest BCUT2D eigenvalue weighted by Gasteiger charge is -2.35. The summed E-state index contributed by atoms with van der Waals surface area (Å²) >= 11 is 0. The van der Waals surface area contributed by atoms with Crippen LogP contribution >= 0.6 is 0 Å². The zero-order valence-electron chi connectivity index (χ0n) is 12.7. The van der Waals surface area contributed by atoms with Gasteiger partial charge in [-0.2, -0.15) is 0 Å². The lowest BCUT2D eigenvalue weighted by Crippen LogP contribution is -2.27.